The number of nitrogens with zero attached hydrogens (tertiary/aromatic N) is 1. The summed E-state index contributed by atoms with van der Waals surface area (Å²) in [5.41, 5.74) is 1.39. The van der Waals surface area contributed by atoms with Crippen molar-refractivity contribution in [1.82, 2.24) is 0 Å². The first kappa shape index (κ1) is 15.5. The maximum atomic E-state index is 11.9. The van der Waals surface area contributed by atoms with E-state index in [2.05, 4.69) is 4.74 Å². The van der Waals surface area contributed by atoms with Crippen LogP contribution >= 0.6 is 0 Å². The van der Waals surface area contributed by atoms with Crippen molar-refractivity contribution in [2.45, 2.75) is 19.8 Å². The molecule has 0 saturated heterocycles. The Labute approximate surface area is 114 Å². The SMILES string of the molecule is COC(=O)CN(c1ccccc1C(C)C)S(C)(=O)=O. The predicted octanol–water partition coefficient (Wildman–Crippen LogP) is 1.75. The summed E-state index contributed by atoms with van der Waals surface area (Å²) in [6, 6.07) is 7.14. The molecule has 0 aliphatic carbocycles. The number of hydrogen-bond acceptors (Lipinski definition) is 4. The predicted molar refractivity (Wildman–Crippen MR) is 74.7 cm³/mol. The maximum absolute atomic E-state index is 11.9. The average molecular weight is 285 g/mol. The van der Waals surface area contributed by atoms with Gasteiger partial charge in [-0.25, -0.2) is 8.42 Å². The number of carbonyl (C=O) groups excluding carboxylic acids is 1. The lowest BCUT2D eigenvalue weighted by atomic mass is 10.0. The van der Waals surface area contributed by atoms with Crippen LogP contribution in [0.15, 0.2) is 24.3 Å². The number of hydrogen-bond donors (Lipinski definition) is 0. The van der Waals surface area contributed by atoms with Gasteiger partial charge in [0.2, 0.25) is 10.0 Å². The normalized spacial score (nSPS) is 11.4. The van der Waals surface area contributed by atoms with Gasteiger partial charge in [0.25, 0.3) is 0 Å². The van der Waals surface area contributed by atoms with Crippen molar-refractivity contribution in [2.75, 3.05) is 24.2 Å². The fourth-order valence-corrected chi connectivity index (χ4v) is 2.63. The molecule has 0 heterocycles. The van der Waals surface area contributed by atoms with Crippen LogP contribution < -0.4 is 4.31 Å². The van der Waals surface area contributed by atoms with Crippen LogP contribution in [0.2, 0.25) is 0 Å². The molecular weight excluding hydrogens is 266 g/mol. The highest BCUT2D eigenvalue weighted by atomic mass is 32.2. The van der Waals surface area contributed by atoms with Gasteiger partial charge >= 0.3 is 5.97 Å². The molecule has 0 radical (unpaired) electrons. The van der Waals surface area contributed by atoms with E-state index >= 15 is 0 Å². The number of benzene rings is 1. The van der Waals surface area contributed by atoms with Gasteiger partial charge < -0.3 is 4.74 Å². The molecule has 0 fully saturated rings. The van der Waals surface area contributed by atoms with E-state index in [1.165, 1.54) is 7.11 Å². The molecule has 19 heavy (non-hydrogen) atoms. The van der Waals surface area contributed by atoms with Crippen LogP contribution in [0.25, 0.3) is 0 Å². The Hall–Kier alpha value is -1.56. The van der Waals surface area contributed by atoms with Crippen molar-refractivity contribution in [1.29, 1.82) is 0 Å². The fraction of sp³-hybridized carbons (Fsp3) is 0.462. The molecule has 0 atom stereocenters. The number of rotatable bonds is 5. The second-order valence-electron chi connectivity index (χ2n) is 4.56. The standard InChI is InChI=1S/C13H19NO4S/c1-10(2)11-7-5-6-8-12(11)14(19(4,16)17)9-13(15)18-3/h5-8,10H,9H2,1-4H3. The molecule has 1 rings (SSSR count). The Bertz CT molecular complexity index is 552. The van der Waals surface area contributed by atoms with E-state index in [-0.39, 0.29) is 12.5 Å². The highest BCUT2D eigenvalue weighted by Crippen LogP contribution is 2.28. The number of esters is 1. The minimum absolute atomic E-state index is 0.151. The molecule has 0 amide bonds. The van der Waals surface area contributed by atoms with Gasteiger partial charge in [-0.2, -0.15) is 0 Å². The largest absolute Gasteiger partial charge is 0.468 e. The second kappa shape index (κ2) is 6.06. The molecule has 1 aromatic carbocycles. The summed E-state index contributed by atoms with van der Waals surface area (Å²) in [6.07, 6.45) is 1.08. The summed E-state index contributed by atoms with van der Waals surface area (Å²) in [7, 11) is -2.31. The third-order valence-electron chi connectivity index (χ3n) is 2.73. The van der Waals surface area contributed by atoms with Crippen LogP contribution in [-0.2, 0) is 19.6 Å². The van der Waals surface area contributed by atoms with Gasteiger partial charge in [-0.05, 0) is 17.5 Å². The van der Waals surface area contributed by atoms with Gasteiger partial charge in [-0.3, -0.25) is 9.10 Å². The monoisotopic (exact) mass is 285 g/mol. The average Bonchev–Trinajstić information content (AvgIpc) is 2.34. The van der Waals surface area contributed by atoms with Gasteiger partial charge in [-0.15, -0.1) is 0 Å². The molecule has 6 heteroatoms. The number of ether oxygens (including phenoxy) is 1. The molecule has 0 bridgehead atoms. The summed E-state index contributed by atoms with van der Waals surface area (Å²) in [4.78, 5) is 11.4. The van der Waals surface area contributed by atoms with Crippen LogP contribution in [0.1, 0.15) is 25.3 Å². The molecule has 0 aliphatic rings. The smallest absolute Gasteiger partial charge is 0.326 e. The Balaban J connectivity index is 3.30. The lowest BCUT2D eigenvalue weighted by Crippen LogP contribution is -2.36. The minimum Gasteiger partial charge on any atom is -0.468 e. The van der Waals surface area contributed by atoms with Crippen LogP contribution in [0.5, 0.6) is 0 Å². The van der Waals surface area contributed by atoms with Gasteiger partial charge in [-0.1, -0.05) is 32.0 Å². The topological polar surface area (TPSA) is 63.7 Å². The van der Waals surface area contributed by atoms with Crippen LogP contribution in [0, 0.1) is 0 Å². The maximum Gasteiger partial charge on any atom is 0.326 e. The third kappa shape index (κ3) is 3.96. The zero-order valence-electron chi connectivity index (χ0n) is 11.6. The quantitative estimate of drug-likeness (QED) is 0.773. The fourth-order valence-electron chi connectivity index (χ4n) is 1.77. The molecule has 0 N–H and O–H groups in total. The summed E-state index contributed by atoms with van der Waals surface area (Å²) in [5, 5.41) is 0. The Morgan fingerprint density at radius 1 is 1.32 bits per heavy atom. The van der Waals surface area contributed by atoms with E-state index in [1.54, 1.807) is 12.1 Å². The summed E-state index contributed by atoms with van der Waals surface area (Å²) in [5.74, 6) is -0.443. The highest BCUT2D eigenvalue weighted by Gasteiger charge is 2.24. The van der Waals surface area contributed by atoms with E-state index < -0.39 is 16.0 Å². The number of carbonyl (C=O) groups is 1. The van der Waals surface area contributed by atoms with Crippen molar-refractivity contribution in [3.05, 3.63) is 29.8 Å². The van der Waals surface area contributed by atoms with Gasteiger partial charge in [0.15, 0.2) is 0 Å². The van der Waals surface area contributed by atoms with Crippen LogP contribution in [-0.4, -0.2) is 34.3 Å². The van der Waals surface area contributed by atoms with E-state index in [9.17, 15) is 13.2 Å². The third-order valence-corrected chi connectivity index (χ3v) is 3.85. The summed E-state index contributed by atoms with van der Waals surface area (Å²) in [6.45, 7) is 3.62. The van der Waals surface area contributed by atoms with Gasteiger partial charge in [0.05, 0.1) is 19.1 Å². The molecule has 0 aromatic heterocycles. The molecule has 106 valence electrons. The number of anilines is 1. The van der Waals surface area contributed by atoms with Crippen molar-refractivity contribution in [3.8, 4) is 0 Å². The van der Waals surface area contributed by atoms with Gasteiger partial charge in [0.1, 0.15) is 6.54 Å². The van der Waals surface area contributed by atoms with Gasteiger partial charge in [0, 0.05) is 0 Å². The summed E-state index contributed by atoms with van der Waals surface area (Å²) >= 11 is 0. The van der Waals surface area contributed by atoms with Crippen LogP contribution in [0.4, 0.5) is 5.69 Å². The Kier molecular flexibility index (Phi) is 4.94. The zero-order valence-corrected chi connectivity index (χ0v) is 12.4. The molecule has 5 nitrogen and oxygen atoms in total. The van der Waals surface area contributed by atoms with E-state index in [1.807, 2.05) is 26.0 Å². The summed E-state index contributed by atoms with van der Waals surface area (Å²) < 4.78 is 29.4. The van der Waals surface area contributed by atoms with Crippen molar-refractivity contribution in [3.63, 3.8) is 0 Å². The van der Waals surface area contributed by atoms with E-state index in [0.717, 1.165) is 16.1 Å². The van der Waals surface area contributed by atoms with Crippen molar-refractivity contribution in [2.24, 2.45) is 0 Å². The first-order valence-corrected chi connectivity index (χ1v) is 7.75. The molecule has 0 aliphatic heterocycles. The second-order valence-corrected chi connectivity index (χ2v) is 6.47. The van der Waals surface area contributed by atoms with Crippen LogP contribution in [0.3, 0.4) is 0 Å². The lowest BCUT2D eigenvalue weighted by Gasteiger charge is -2.25. The lowest BCUT2D eigenvalue weighted by molar-refractivity contribution is -0.138. The molecule has 0 saturated carbocycles. The zero-order chi connectivity index (χ0) is 14.6. The first-order chi connectivity index (χ1) is 8.77. The molecule has 1 aromatic rings. The number of para-hydroxylation sites is 1. The molecular formula is C13H19NO4S. The number of methoxy groups -OCH3 is 1. The first-order valence-electron chi connectivity index (χ1n) is 5.90. The van der Waals surface area contributed by atoms with Crippen molar-refractivity contribution >= 4 is 21.7 Å². The Morgan fingerprint density at radius 2 is 1.89 bits per heavy atom. The van der Waals surface area contributed by atoms with E-state index in [0.29, 0.717) is 5.69 Å². The molecule has 0 spiro atoms. The molecule has 0 unspecified atom stereocenters. The number of sulfonamides is 1. The Morgan fingerprint density at radius 3 is 2.37 bits per heavy atom. The van der Waals surface area contributed by atoms with Crippen molar-refractivity contribution < 1.29 is 17.9 Å². The minimum atomic E-state index is -3.55. The van der Waals surface area contributed by atoms with E-state index in [4.69, 9.17) is 0 Å². The highest BCUT2D eigenvalue weighted by molar-refractivity contribution is 7.92.